The molecule has 1 aromatic carbocycles. The monoisotopic (exact) mass is 385 g/mol. The molecule has 148 valence electrons. The Morgan fingerprint density at radius 1 is 1.07 bits per heavy atom. The van der Waals surface area contributed by atoms with Gasteiger partial charge in [0.15, 0.2) is 0 Å². The van der Waals surface area contributed by atoms with Crippen molar-refractivity contribution in [2.75, 3.05) is 5.32 Å². The summed E-state index contributed by atoms with van der Waals surface area (Å²) < 4.78 is 5.62. The third kappa shape index (κ3) is 5.80. The zero-order chi connectivity index (χ0) is 20.7. The average Bonchev–Trinajstić information content (AvgIpc) is 2.68. The second kappa shape index (κ2) is 9.50. The Bertz CT molecular complexity index is 851. The highest BCUT2D eigenvalue weighted by Gasteiger charge is 2.15. The number of nitrogens with one attached hydrogen (secondary N) is 2. The maximum atomic E-state index is 12.4. The molecule has 8 heteroatoms. The van der Waals surface area contributed by atoms with Gasteiger partial charge in [0, 0.05) is 29.1 Å². The molecule has 28 heavy (non-hydrogen) atoms. The molecule has 0 aliphatic rings. The Kier molecular flexibility index (Phi) is 7.08. The summed E-state index contributed by atoms with van der Waals surface area (Å²) in [6.07, 6.45) is 2.32. The first-order valence-electron chi connectivity index (χ1n) is 8.88. The van der Waals surface area contributed by atoms with Crippen LogP contribution < -0.4 is 15.4 Å². The van der Waals surface area contributed by atoms with E-state index >= 15 is 0 Å². The topological polar surface area (TPSA) is 118 Å². The lowest BCUT2D eigenvalue weighted by atomic mass is 10.1. The van der Waals surface area contributed by atoms with Gasteiger partial charge in [-0.2, -0.15) is 0 Å². The number of carbonyl (C=O) groups is 3. The Labute approximate surface area is 162 Å². The van der Waals surface area contributed by atoms with E-state index in [0.29, 0.717) is 22.7 Å². The summed E-state index contributed by atoms with van der Waals surface area (Å²) in [5.74, 6) is -1.59. The molecule has 1 heterocycles. The molecule has 0 bridgehead atoms. The largest absolute Gasteiger partial charge is 0.480 e. The summed E-state index contributed by atoms with van der Waals surface area (Å²) in [6.45, 7) is 5.29. The van der Waals surface area contributed by atoms with Gasteiger partial charge in [-0.15, -0.1) is 0 Å². The molecule has 2 unspecified atom stereocenters. The van der Waals surface area contributed by atoms with Crippen molar-refractivity contribution in [2.24, 2.45) is 0 Å². The first kappa shape index (κ1) is 20.9. The van der Waals surface area contributed by atoms with E-state index in [9.17, 15) is 14.4 Å². The molecule has 0 aliphatic heterocycles. The number of carboxylic acids is 1. The van der Waals surface area contributed by atoms with Crippen molar-refractivity contribution in [2.45, 2.75) is 39.3 Å². The molecule has 8 nitrogen and oxygen atoms in total. The van der Waals surface area contributed by atoms with Gasteiger partial charge < -0.3 is 20.5 Å². The fraction of sp³-hybridized carbons (Fsp3) is 0.300. The number of aromatic nitrogens is 1. The third-order valence-electron chi connectivity index (χ3n) is 4.02. The van der Waals surface area contributed by atoms with Gasteiger partial charge in [0.2, 0.25) is 5.88 Å². The van der Waals surface area contributed by atoms with E-state index in [0.717, 1.165) is 6.42 Å². The molecule has 0 fully saturated rings. The minimum Gasteiger partial charge on any atom is -0.480 e. The van der Waals surface area contributed by atoms with Crippen molar-refractivity contribution >= 4 is 23.5 Å². The predicted molar refractivity (Wildman–Crippen MR) is 104 cm³/mol. The van der Waals surface area contributed by atoms with Gasteiger partial charge in [0.25, 0.3) is 11.8 Å². The average molecular weight is 385 g/mol. The Morgan fingerprint density at radius 3 is 2.36 bits per heavy atom. The summed E-state index contributed by atoms with van der Waals surface area (Å²) in [5.41, 5.74) is 1.18. The van der Waals surface area contributed by atoms with Gasteiger partial charge in [0.1, 0.15) is 6.04 Å². The van der Waals surface area contributed by atoms with E-state index in [2.05, 4.69) is 15.6 Å². The van der Waals surface area contributed by atoms with Crippen LogP contribution in [0.4, 0.5) is 5.69 Å². The number of rotatable bonds is 8. The van der Waals surface area contributed by atoms with Crippen LogP contribution in [0.2, 0.25) is 0 Å². The van der Waals surface area contributed by atoms with Crippen LogP contribution in [-0.4, -0.2) is 40.0 Å². The molecule has 2 atom stereocenters. The summed E-state index contributed by atoms with van der Waals surface area (Å²) in [5, 5.41) is 13.9. The van der Waals surface area contributed by atoms with Crippen molar-refractivity contribution in [1.82, 2.24) is 10.3 Å². The minimum absolute atomic E-state index is 0.00616. The van der Waals surface area contributed by atoms with E-state index in [4.69, 9.17) is 9.84 Å². The summed E-state index contributed by atoms with van der Waals surface area (Å²) in [6, 6.07) is 8.29. The van der Waals surface area contributed by atoms with Crippen LogP contribution in [0, 0.1) is 0 Å². The molecule has 3 N–H and O–H groups in total. The standard InChI is InChI=1S/C20H23N3O5/c1-4-12(2)28-17-11-15(9-10-21-17)19(25)23-16-7-5-14(6-8-16)18(24)22-13(3)20(26)27/h5-13H,4H2,1-3H3,(H,22,24)(H,23,25)(H,26,27). The molecule has 0 saturated carbocycles. The number of hydrogen-bond donors (Lipinski definition) is 3. The fourth-order valence-electron chi connectivity index (χ4n) is 2.15. The van der Waals surface area contributed by atoms with Crippen molar-refractivity contribution in [3.8, 4) is 5.88 Å². The van der Waals surface area contributed by atoms with Crippen LogP contribution in [0.25, 0.3) is 0 Å². The van der Waals surface area contributed by atoms with Gasteiger partial charge in [-0.05, 0) is 50.6 Å². The van der Waals surface area contributed by atoms with Crippen molar-refractivity contribution in [1.29, 1.82) is 0 Å². The van der Waals surface area contributed by atoms with E-state index in [1.165, 1.54) is 25.3 Å². The highest BCUT2D eigenvalue weighted by Crippen LogP contribution is 2.15. The van der Waals surface area contributed by atoms with Crippen LogP contribution >= 0.6 is 0 Å². The van der Waals surface area contributed by atoms with Crippen LogP contribution in [0.1, 0.15) is 47.9 Å². The smallest absolute Gasteiger partial charge is 0.325 e. The Hall–Kier alpha value is -3.42. The second-order valence-electron chi connectivity index (χ2n) is 6.28. The van der Waals surface area contributed by atoms with Gasteiger partial charge >= 0.3 is 5.97 Å². The van der Waals surface area contributed by atoms with Crippen LogP contribution in [0.5, 0.6) is 5.88 Å². The number of anilines is 1. The van der Waals surface area contributed by atoms with Crippen molar-refractivity contribution < 1.29 is 24.2 Å². The third-order valence-corrected chi connectivity index (χ3v) is 4.02. The van der Waals surface area contributed by atoms with Gasteiger partial charge in [0.05, 0.1) is 6.10 Å². The molecule has 2 aromatic rings. The molecule has 0 spiro atoms. The number of ether oxygens (including phenoxy) is 1. The molecule has 0 radical (unpaired) electrons. The van der Waals surface area contributed by atoms with Gasteiger partial charge in [-0.3, -0.25) is 14.4 Å². The second-order valence-corrected chi connectivity index (χ2v) is 6.28. The van der Waals surface area contributed by atoms with E-state index in [1.807, 2.05) is 13.8 Å². The normalized spacial score (nSPS) is 12.5. The molecule has 1 aromatic heterocycles. The van der Waals surface area contributed by atoms with Crippen molar-refractivity contribution in [3.05, 3.63) is 53.7 Å². The Morgan fingerprint density at radius 2 is 1.75 bits per heavy atom. The molecule has 2 rings (SSSR count). The lowest BCUT2D eigenvalue weighted by molar-refractivity contribution is -0.138. The SMILES string of the molecule is CCC(C)Oc1cc(C(=O)Nc2ccc(C(=O)NC(C)C(=O)O)cc2)ccn1. The van der Waals surface area contributed by atoms with Crippen molar-refractivity contribution in [3.63, 3.8) is 0 Å². The first-order valence-corrected chi connectivity index (χ1v) is 8.88. The highest BCUT2D eigenvalue weighted by molar-refractivity contribution is 6.04. The quantitative estimate of drug-likeness (QED) is 0.643. The molecule has 2 amide bonds. The van der Waals surface area contributed by atoms with E-state index in [1.54, 1.807) is 24.3 Å². The number of nitrogens with zero attached hydrogens (tertiary/aromatic N) is 1. The van der Waals surface area contributed by atoms with Crippen LogP contribution in [0.3, 0.4) is 0 Å². The maximum absolute atomic E-state index is 12.4. The predicted octanol–water partition coefficient (Wildman–Crippen LogP) is 2.71. The van der Waals surface area contributed by atoms with Crippen LogP contribution in [-0.2, 0) is 4.79 Å². The lowest BCUT2D eigenvalue weighted by Crippen LogP contribution is -2.38. The fourth-order valence-corrected chi connectivity index (χ4v) is 2.15. The zero-order valence-corrected chi connectivity index (χ0v) is 15.9. The summed E-state index contributed by atoms with van der Waals surface area (Å²) >= 11 is 0. The summed E-state index contributed by atoms with van der Waals surface area (Å²) in [4.78, 5) is 39.3. The van der Waals surface area contributed by atoms with Gasteiger partial charge in [-0.25, -0.2) is 4.98 Å². The zero-order valence-electron chi connectivity index (χ0n) is 15.9. The minimum atomic E-state index is -1.12. The molecular formula is C20H23N3O5. The number of benzene rings is 1. The molecule has 0 saturated heterocycles. The highest BCUT2D eigenvalue weighted by atomic mass is 16.5. The van der Waals surface area contributed by atoms with E-state index in [-0.39, 0.29) is 12.0 Å². The van der Waals surface area contributed by atoms with Crippen LogP contribution in [0.15, 0.2) is 42.6 Å². The number of carboxylic acid groups (broad SMARTS) is 1. The number of aliphatic carboxylic acids is 1. The molecular weight excluding hydrogens is 362 g/mol. The number of carbonyl (C=O) groups excluding carboxylic acids is 2. The summed E-state index contributed by atoms with van der Waals surface area (Å²) in [7, 11) is 0. The number of pyridine rings is 1. The lowest BCUT2D eigenvalue weighted by Gasteiger charge is -2.12. The number of hydrogen-bond acceptors (Lipinski definition) is 5. The van der Waals surface area contributed by atoms with Gasteiger partial charge in [-0.1, -0.05) is 6.92 Å². The van der Waals surface area contributed by atoms with E-state index < -0.39 is 17.9 Å². The molecule has 0 aliphatic carbocycles. The first-order chi connectivity index (χ1) is 13.3. The Balaban J connectivity index is 2.02. The maximum Gasteiger partial charge on any atom is 0.325 e. The number of amides is 2.